The molecular formula is C42H38N4O2S2. The standard InChI is InChI=1S/C42H38N4O2S2/c1-3-11-33(12-4-1)45-39(41-15-9-27-49-41)29-37(43-45)31-17-21-35(22-18-31)47-25-7-8-26-48-36-23-19-32(20-24-36)38-30-40(42-16-10-28-50-42)46(44-38)34-13-5-2-6-14-34/h1-6,9-24,27-28,39-40H,7-8,25-26,29-30H2/t39-,40+. The molecule has 0 spiro atoms. The van der Waals surface area contributed by atoms with Gasteiger partial charge < -0.3 is 9.47 Å². The first-order valence-electron chi connectivity index (χ1n) is 17.2. The van der Waals surface area contributed by atoms with Gasteiger partial charge >= 0.3 is 0 Å². The Hall–Kier alpha value is -5.18. The summed E-state index contributed by atoms with van der Waals surface area (Å²) >= 11 is 3.57. The molecule has 6 aromatic rings. The summed E-state index contributed by atoms with van der Waals surface area (Å²) in [5, 5.41) is 18.7. The molecule has 4 aromatic carbocycles. The Bertz CT molecular complexity index is 1860. The Morgan fingerprint density at radius 2 is 0.920 bits per heavy atom. The number of unbranched alkanes of at least 4 members (excludes halogenated alkanes) is 1. The van der Waals surface area contributed by atoms with E-state index in [0.717, 1.165) is 71.1 Å². The van der Waals surface area contributed by atoms with Crippen molar-refractivity contribution in [3.05, 3.63) is 165 Å². The molecule has 6 nitrogen and oxygen atoms in total. The van der Waals surface area contributed by atoms with Crippen LogP contribution in [0.4, 0.5) is 11.4 Å². The molecule has 50 heavy (non-hydrogen) atoms. The molecule has 8 heteroatoms. The predicted molar refractivity (Wildman–Crippen MR) is 207 cm³/mol. The summed E-state index contributed by atoms with van der Waals surface area (Å²) in [5.74, 6) is 1.75. The molecule has 0 amide bonds. The first kappa shape index (κ1) is 32.0. The minimum atomic E-state index is 0.209. The number of hydrogen-bond acceptors (Lipinski definition) is 8. The molecule has 4 heterocycles. The first-order valence-corrected chi connectivity index (χ1v) is 18.9. The maximum Gasteiger partial charge on any atom is 0.119 e. The van der Waals surface area contributed by atoms with Gasteiger partial charge in [0.25, 0.3) is 0 Å². The van der Waals surface area contributed by atoms with Crippen molar-refractivity contribution in [2.24, 2.45) is 10.2 Å². The van der Waals surface area contributed by atoms with Gasteiger partial charge in [0.1, 0.15) is 11.5 Å². The molecule has 0 unspecified atom stereocenters. The molecule has 250 valence electrons. The second kappa shape index (κ2) is 15.2. The van der Waals surface area contributed by atoms with E-state index in [1.165, 1.54) is 9.75 Å². The number of hydrogen-bond donors (Lipinski definition) is 0. The van der Waals surface area contributed by atoms with Crippen LogP contribution in [-0.4, -0.2) is 24.6 Å². The third-order valence-corrected chi connectivity index (χ3v) is 11.0. The number of thiophene rings is 2. The highest BCUT2D eigenvalue weighted by Gasteiger charge is 2.31. The summed E-state index contributed by atoms with van der Waals surface area (Å²) in [4.78, 5) is 2.65. The average molecular weight is 695 g/mol. The van der Waals surface area contributed by atoms with E-state index in [2.05, 4.69) is 142 Å². The van der Waals surface area contributed by atoms with Crippen molar-refractivity contribution in [3.8, 4) is 11.5 Å². The van der Waals surface area contributed by atoms with E-state index in [9.17, 15) is 0 Å². The zero-order valence-electron chi connectivity index (χ0n) is 27.7. The number of nitrogens with zero attached hydrogens (tertiary/aromatic N) is 4. The Kier molecular flexibility index (Phi) is 9.71. The molecule has 0 saturated heterocycles. The van der Waals surface area contributed by atoms with Gasteiger partial charge in [0.15, 0.2) is 0 Å². The van der Waals surface area contributed by atoms with E-state index in [4.69, 9.17) is 19.7 Å². The first-order chi connectivity index (χ1) is 24.8. The van der Waals surface area contributed by atoms with Gasteiger partial charge in [0.2, 0.25) is 0 Å². The van der Waals surface area contributed by atoms with Crippen molar-refractivity contribution in [1.29, 1.82) is 0 Å². The summed E-state index contributed by atoms with van der Waals surface area (Å²) in [6.45, 7) is 1.29. The van der Waals surface area contributed by atoms with E-state index in [1.807, 2.05) is 12.1 Å². The molecule has 0 saturated carbocycles. The highest BCUT2D eigenvalue weighted by molar-refractivity contribution is 7.10. The SMILES string of the molecule is c1ccc(N2N=C(c3ccc(OCCCCOc4ccc(C5=NN(c6ccccc6)[C@H](c6cccs6)C5)cc4)cc3)C[C@@H]2c2cccs2)cc1. The molecule has 2 atom stereocenters. The van der Waals surface area contributed by atoms with Crippen LogP contribution in [0.5, 0.6) is 11.5 Å². The second-order valence-corrected chi connectivity index (χ2v) is 14.3. The molecule has 0 bridgehead atoms. The Morgan fingerprint density at radius 1 is 0.500 bits per heavy atom. The Balaban J connectivity index is 0.805. The van der Waals surface area contributed by atoms with Crippen LogP contribution in [0.3, 0.4) is 0 Å². The van der Waals surface area contributed by atoms with Crippen LogP contribution in [0, 0.1) is 0 Å². The van der Waals surface area contributed by atoms with Crippen LogP contribution < -0.4 is 19.5 Å². The second-order valence-electron chi connectivity index (χ2n) is 12.4. The average Bonchev–Trinajstić information content (AvgIpc) is 4.01. The molecule has 0 radical (unpaired) electrons. The highest BCUT2D eigenvalue weighted by atomic mass is 32.1. The lowest BCUT2D eigenvalue weighted by Crippen LogP contribution is -2.17. The van der Waals surface area contributed by atoms with Gasteiger partial charge in [0.05, 0.1) is 48.1 Å². The summed E-state index contributed by atoms with van der Waals surface area (Å²) in [5.41, 5.74) is 6.67. The molecular weight excluding hydrogens is 657 g/mol. The van der Waals surface area contributed by atoms with Gasteiger partial charge in [-0.2, -0.15) is 10.2 Å². The number of ether oxygens (including phenoxy) is 2. The van der Waals surface area contributed by atoms with Crippen LogP contribution in [0.25, 0.3) is 0 Å². The third-order valence-electron chi connectivity index (χ3n) is 9.06. The lowest BCUT2D eigenvalue weighted by molar-refractivity contribution is 0.266. The minimum absolute atomic E-state index is 0.209. The minimum Gasteiger partial charge on any atom is -0.494 e. The van der Waals surface area contributed by atoms with Crippen LogP contribution >= 0.6 is 22.7 Å². The zero-order chi connectivity index (χ0) is 33.5. The smallest absolute Gasteiger partial charge is 0.119 e. The molecule has 2 aromatic heterocycles. The number of hydrazone groups is 2. The number of rotatable bonds is 13. The largest absolute Gasteiger partial charge is 0.494 e. The molecule has 8 rings (SSSR count). The van der Waals surface area contributed by atoms with Gasteiger partial charge in [-0.1, -0.05) is 48.5 Å². The van der Waals surface area contributed by atoms with Gasteiger partial charge in [-0.05, 0) is 120 Å². The van der Waals surface area contributed by atoms with Gasteiger partial charge in [-0.25, -0.2) is 0 Å². The normalized spacial score (nSPS) is 17.1. The summed E-state index contributed by atoms with van der Waals surface area (Å²) in [7, 11) is 0. The quantitative estimate of drug-likeness (QED) is 0.113. The van der Waals surface area contributed by atoms with E-state index in [1.54, 1.807) is 22.7 Å². The van der Waals surface area contributed by atoms with Gasteiger partial charge in [-0.15, -0.1) is 22.7 Å². The van der Waals surface area contributed by atoms with E-state index in [-0.39, 0.29) is 12.1 Å². The number of benzene rings is 4. The summed E-state index contributed by atoms with van der Waals surface area (Å²) < 4.78 is 12.1. The molecule has 2 aliphatic heterocycles. The lowest BCUT2D eigenvalue weighted by atomic mass is 10.0. The van der Waals surface area contributed by atoms with Crippen molar-refractivity contribution in [2.45, 2.75) is 37.8 Å². The molecule has 0 N–H and O–H groups in total. The highest BCUT2D eigenvalue weighted by Crippen LogP contribution is 2.40. The fourth-order valence-corrected chi connectivity index (χ4v) is 8.11. The number of para-hydroxylation sites is 2. The van der Waals surface area contributed by atoms with Crippen LogP contribution in [0.15, 0.2) is 154 Å². The van der Waals surface area contributed by atoms with Crippen molar-refractivity contribution < 1.29 is 9.47 Å². The summed E-state index contributed by atoms with van der Waals surface area (Å²) in [6.07, 6.45) is 3.57. The van der Waals surface area contributed by atoms with Gasteiger partial charge in [-0.3, -0.25) is 10.0 Å². The Labute approximate surface area is 301 Å². The van der Waals surface area contributed by atoms with Crippen LogP contribution in [-0.2, 0) is 0 Å². The maximum atomic E-state index is 6.07. The van der Waals surface area contributed by atoms with E-state index >= 15 is 0 Å². The monoisotopic (exact) mass is 694 g/mol. The maximum absolute atomic E-state index is 6.07. The van der Waals surface area contributed by atoms with Crippen molar-refractivity contribution >= 4 is 45.5 Å². The fourth-order valence-electron chi connectivity index (χ4n) is 6.48. The molecule has 0 fully saturated rings. The van der Waals surface area contributed by atoms with Crippen molar-refractivity contribution in [2.75, 3.05) is 23.2 Å². The van der Waals surface area contributed by atoms with E-state index in [0.29, 0.717) is 13.2 Å². The van der Waals surface area contributed by atoms with Gasteiger partial charge in [0, 0.05) is 22.6 Å². The molecule has 0 aliphatic carbocycles. The van der Waals surface area contributed by atoms with Crippen molar-refractivity contribution in [3.63, 3.8) is 0 Å². The zero-order valence-corrected chi connectivity index (χ0v) is 29.3. The Morgan fingerprint density at radius 3 is 1.30 bits per heavy atom. The topological polar surface area (TPSA) is 49.7 Å². The van der Waals surface area contributed by atoms with Crippen LogP contribution in [0.1, 0.15) is 58.6 Å². The lowest BCUT2D eigenvalue weighted by Gasteiger charge is -2.22. The van der Waals surface area contributed by atoms with Crippen molar-refractivity contribution in [1.82, 2.24) is 0 Å². The fraction of sp³-hybridized carbons (Fsp3) is 0.190. The third kappa shape index (κ3) is 7.22. The molecule has 2 aliphatic rings. The number of anilines is 2. The van der Waals surface area contributed by atoms with E-state index < -0.39 is 0 Å². The summed E-state index contributed by atoms with van der Waals surface area (Å²) in [6, 6.07) is 46.6. The predicted octanol–water partition coefficient (Wildman–Crippen LogP) is 10.8. The van der Waals surface area contributed by atoms with Crippen LogP contribution in [0.2, 0.25) is 0 Å².